The first-order chi connectivity index (χ1) is 7.03. The zero-order valence-corrected chi connectivity index (χ0v) is 8.29. The van der Waals surface area contributed by atoms with Crippen LogP contribution in [0.1, 0.15) is 0 Å². The van der Waals surface area contributed by atoms with Gasteiger partial charge < -0.3 is 11.5 Å². The Morgan fingerprint density at radius 2 is 1.40 bits per heavy atom. The van der Waals surface area contributed by atoms with Crippen LogP contribution in [0.3, 0.4) is 0 Å². The van der Waals surface area contributed by atoms with E-state index in [1.54, 1.807) is 0 Å². The van der Waals surface area contributed by atoms with Crippen LogP contribution in [-0.2, 0) is 10.2 Å². The SMILES string of the molecule is Nc1ccnn1S(=O)(=O)n1nccc1N. The minimum atomic E-state index is -3.95. The van der Waals surface area contributed by atoms with E-state index in [0.29, 0.717) is 8.17 Å². The molecule has 0 spiro atoms. The summed E-state index contributed by atoms with van der Waals surface area (Å²) in [6.07, 6.45) is 2.54. The van der Waals surface area contributed by atoms with Crippen molar-refractivity contribution in [2.45, 2.75) is 0 Å². The number of nitrogens with two attached hydrogens (primary N) is 2. The molecule has 0 aliphatic carbocycles. The fourth-order valence-corrected chi connectivity index (χ4v) is 2.21. The van der Waals surface area contributed by atoms with Gasteiger partial charge in [-0.1, -0.05) is 0 Å². The molecule has 0 atom stereocenters. The van der Waals surface area contributed by atoms with Crippen LogP contribution in [0.5, 0.6) is 0 Å². The Morgan fingerprint density at radius 3 is 1.67 bits per heavy atom. The lowest BCUT2D eigenvalue weighted by molar-refractivity contribution is 0.565. The molecule has 0 radical (unpaired) electrons. The number of nitrogen functional groups attached to an aromatic ring is 2. The first kappa shape index (κ1) is 9.52. The molecule has 0 saturated heterocycles. The van der Waals surface area contributed by atoms with Crippen molar-refractivity contribution in [2.75, 3.05) is 11.5 Å². The predicted octanol–water partition coefficient (Wildman–Crippen LogP) is -1.11. The van der Waals surface area contributed by atoms with E-state index in [2.05, 4.69) is 10.2 Å². The lowest BCUT2D eigenvalue weighted by Crippen LogP contribution is -2.25. The molecule has 4 N–H and O–H groups in total. The summed E-state index contributed by atoms with van der Waals surface area (Å²) in [5, 5.41) is 7.14. The summed E-state index contributed by atoms with van der Waals surface area (Å²) < 4.78 is 25.0. The van der Waals surface area contributed by atoms with Crippen LogP contribution < -0.4 is 11.5 Å². The molecular weight excluding hydrogens is 220 g/mol. The summed E-state index contributed by atoms with van der Waals surface area (Å²) in [4.78, 5) is 0. The summed E-state index contributed by atoms with van der Waals surface area (Å²) >= 11 is 0. The van der Waals surface area contributed by atoms with Gasteiger partial charge in [0.1, 0.15) is 11.6 Å². The molecule has 0 aromatic carbocycles. The smallest absolute Gasteiger partial charge is 0.368 e. The molecule has 8 nitrogen and oxygen atoms in total. The molecule has 2 rings (SSSR count). The van der Waals surface area contributed by atoms with Gasteiger partial charge in [0.2, 0.25) is 0 Å². The van der Waals surface area contributed by atoms with E-state index < -0.39 is 10.2 Å². The fourth-order valence-electron chi connectivity index (χ4n) is 1.06. The highest BCUT2D eigenvalue weighted by Gasteiger charge is 2.21. The second-order valence-electron chi connectivity index (χ2n) is 2.71. The zero-order chi connectivity index (χ0) is 11.1. The van der Waals surface area contributed by atoms with Crippen LogP contribution in [0.4, 0.5) is 11.6 Å². The van der Waals surface area contributed by atoms with Gasteiger partial charge in [0.25, 0.3) is 0 Å². The molecule has 0 bridgehead atoms. The van der Waals surface area contributed by atoms with Gasteiger partial charge in [-0.05, 0) is 0 Å². The summed E-state index contributed by atoms with van der Waals surface area (Å²) in [5.74, 6) is -0.0187. The van der Waals surface area contributed by atoms with Crippen molar-refractivity contribution >= 4 is 21.8 Å². The Kier molecular flexibility index (Phi) is 1.89. The maximum Gasteiger partial charge on any atom is 0.368 e. The van der Waals surface area contributed by atoms with Crippen molar-refractivity contribution in [3.05, 3.63) is 24.5 Å². The standard InChI is InChI=1S/C6H8N6O2S/c7-5-1-3-9-11(5)15(13,14)12-6(8)2-4-10-12/h1-4H,7-8H2. The van der Waals surface area contributed by atoms with E-state index >= 15 is 0 Å². The minimum Gasteiger partial charge on any atom is -0.383 e. The second-order valence-corrected chi connectivity index (χ2v) is 4.29. The van der Waals surface area contributed by atoms with E-state index in [1.807, 2.05) is 0 Å². The first-order valence-corrected chi connectivity index (χ1v) is 5.28. The molecule has 2 heterocycles. The van der Waals surface area contributed by atoms with E-state index in [-0.39, 0.29) is 11.6 Å². The normalized spacial score (nSPS) is 11.7. The quantitative estimate of drug-likeness (QED) is 0.671. The number of anilines is 2. The van der Waals surface area contributed by atoms with Gasteiger partial charge in [-0.25, -0.2) is 0 Å². The Balaban J connectivity index is 2.64. The number of aromatic nitrogens is 4. The van der Waals surface area contributed by atoms with Crippen LogP contribution in [0, 0.1) is 0 Å². The summed E-state index contributed by atoms with van der Waals surface area (Å²) in [6.45, 7) is 0. The van der Waals surface area contributed by atoms with Gasteiger partial charge >= 0.3 is 10.2 Å². The topological polar surface area (TPSA) is 122 Å². The third-order valence-corrected chi connectivity index (χ3v) is 3.20. The molecule has 0 aliphatic rings. The molecular formula is C6H8N6O2S. The number of hydrogen-bond acceptors (Lipinski definition) is 6. The van der Waals surface area contributed by atoms with Crippen LogP contribution in [0.15, 0.2) is 24.5 Å². The van der Waals surface area contributed by atoms with Crippen LogP contribution in [0.2, 0.25) is 0 Å². The highest BCUT2D eigenvalue weighted by atomic mass is 32.2. The molecule has 0 aliphatic heterocycles. The summed E-state index contributed by atoms with van der Waals surface area (Å²) in [6, 6.07) is 2.72. The first-order valence-electron chi connectivity index (χ1n) is 3.88. The lowest BCUT2D eigenvalue weighted by atomic mass is 10.7. The number of rotatable bonds is 2. The van der Waals surface area contributed by atoms with E-state index in [9.17, 15) is 8.42 Å². The largest absolute Gasteiger partial charge is 0.383 e. The summed E-state index contributed by atoms with van der Waals surface area (Å²) in [7, 11) is -3.95. The monoisotopic (exact) mass is 228 g/mol. The molecule has 0 amide bonds. The number of nitrogens with zero attached hydrogens (tertiary/aromatic N) is 4. The average molecular weight is 228 g/mol. The van der Waals surface area contributed by atoms with Gasteiger partial charge in [0.05, 0.1) is 12.4 Å². The second kappa shape index (κ2) is 2.98. The van der Waals surface area contributed by atoms with Crippen LogP contribution in [-0.4, -0.2) is 26.8 Å². The van der Waals surface area contributed by atoms with Crippen molar-refractivity contribution < 1.29 is 8.42 Å². The van der Waals surface area contributed by atoms with E-state index in [0.717, 1.165) is 0 Å². The Labute approximate surface area is 85.3 Å². The predicted molar refractivity (Wildman–Crippen MR) is 53.0 cm³/mol. The molecule has 80 valence electrons. The zero-order valence-electron chi connectivity index (χ0n) is 7.48. The molecule has 0 fully saturated rings. The molecule has 2 aromatic heterocycles. The Hall–Kier alpha value is -2.03. The summed E-state index contributed by atoms with van der Waals surface area (Å²) in [5.41, 5.74) is 10.8. The van der Waals surface area contributed by atoms with Crippen molar-refractivity contribution in [3.8, 4) is 0 Å². The third kappa shape index (κ3) is 1.32. The Morgan fingerprint density at radius 1 is 1.00 bits per heavy atom. The maximum atomic E-state index is 11.8. The van der Waals surface area contributed by atoms with Gasteiger partial charge in [-0.15, -0.1) is 8.17 Å². The van der Waals surface area contributed by atoms with Gasteiger partial charge in [0, 0.05) is 12.1 Å². The third-order valence-electron chi connectivity index (χ3n) is 1.71. The van der Waals surface area contributed by atoms with Crippen molar-refractivity contribution in [1.82, 2.24) is 18.4 Å². The maximum absolute atomic E-state index is 11.8. The molecule has 9 heteroatoms. The van der Waals surface area contributed by atoms with Crippen molar-refractivity contribution in [3.63, 3.8) is 0 Å². The van der Waals surface area contributed by atoms with Crippen molar-refractivity contribution in [2.24, 2.45) is 0 Å². The fraction of sp³-hybridized carbons (Fsp3) is 0. The molecule has 0 saturated carbocycles. The highest BCUT2D eigenvalue weighted by Crippen LogP contribution is 2.10. The lowest BCUT2D eigenvalue weighted by Gasteiger charge is -2.06. The number of hydrogen-bond donors (Lipinski definition) is 2. The van der Waals surface area contributed by atoms with Crippen LogP contribution in [0.25, 0.3) is 0 Å². The van der Waals surface area contributed by atoms with E-state index in [4.69, 9.17) is 11.5 Å². The van der Waals surface area contributed by atoms with Gasteiger partial charge in [-0.2, -0.15) is 18.6 Å². The molecule has 0 unspecified atom stereocenters. The Bertz CT molecular complexity index is 536. The molecule has 2 aromatic rings. The average Bonchev–Trinajstić information content (AvgIpc) is 2.73. The van der Waals surface area contributed by atoms with Gasteiger partial charge in [-0.3, -0.25) is 0 Å². The van der Waals surface area contributed by atoms with Crippen molar-refractivity contribution in [1.29, 1.82) is 0 Å². The molecule has 15 heavy (non-hydrogen) atoms. The minimum absolute atomic E-state index is 0.00935. The van der Waals surface area contributed by atoms with Gasteiger partial charge in [0.15, 0.2) is 0 Å². The van der Waals surface area contributed by atoms with E-state index in [1.165, 1.54) is 24.5 Å². The van der Waals surface area contributed by atoms with Crippen LogP contribution >= 0.6 is 0 Å². The highest BCUT2D eigenvalue weighted by molar-refractivity contribution is 7.88.